The Bertz CT molecular complexity index is 173. The normalized spacial score (nSPS) is 13.1. The quantitative estimate of drug-likeness (QED) is 0.596. The molecule has 0 aromatic carbocycles. The number of hydrogen-bond donors (Lipinski definition) is 1. The number of nitrogens with zero attached hydrogens (tertiary/aromatic N) is 1. The van der Waals surface area contributed by atoms with Gasteiger partial charge in [-0.2, -0.15) is 0 Å². The molecule has 0 aliphatic rings. The third-order valence-corrected chi connectivity index (χ3v) is 2.51. The van der Waals surface area contributed by atoms with Crippen molar-refractivity contribution >= 4 is 5.97 Å². The lowest BCUT2D eigenvalue weighted by atomic mass is 10.1. The SMILES string of the molecule is CCCCC(C(=O)O)N(C)CCCOC. The van der Waals surface area contributed by atoms with Crippen LogP contribution in [0.2, 0.25) is 0 Å². The van der Waals surface area contributed by atoms with Crippen molar-refractivity contribution < 1.29 is 14.6 Å². The molecule has 0 radical (unpaired) electrons. The van der Waals surface area contributed by atoms with Crippen molar-refractivity contribution in [2.24, 2.45) is 0 Å². The molecule has 0 aliphatic heterocycles. The van der Waals surface area contributed by atoms with E-state index in [-0.39, 0.29) is 6.04 Å². The van der Waals surface area contributed by atoms with E-state index in [1.165, 1.54) is 0 Å². The van der Waals surface area contributed by atoms with Crippen LogP contribution in [0.25, 0.3) is 0 Å². The molecular weight excluding hydrogens is 194 g/mol. The van der Waals surface area contributed by atoms with E-state index < -0.39 is 5.97 Å². The van der Waals surface area contributed by atoms with E-state index in [1.807, 2.05) is 11.9 Å². The van der Waals surface area contributed by atoms with Gasteiger partial charge in [0, 0.05) is 20.3 Å². The first kappa shape index (κ1) is 14.4. The summed E-state index contributed by atoms with van der Waals surface area (Å²) >= 11 is 0. The number of aliphatic carboxylic acids is 1. The van der Waals surface area contributed by atoms with Crippen LogP contribution in [-0.4, -0.2) is 49.3 Å². The molecular formula is C11H23NO3. The molecule has 0 saturated heterocycles. The van der Waals surface area contributed by atoms with Crippen LogP contribution in [0.15, 0.2) is 0 Å². The molecule has 0 bridgehead atoms. The van der Waals surface area contributed by atoms with Gasteiger partial charge in [0.05, 0.1) is 0 Å². The first-order valence-electron chi connectivity index (χ1n) is 5.55. The molecule has 0 saturated carbocycles. The van der Waals surface area contributed by atoms with Crippen LogP contribution in [0.5, 0.6) is 0 Å². The Morgan fingerprint density at radius 3 is 2.60 bits per heavy atom. The second-order valence-electron chi connectivity index (χ2n) is 3.82. The van der Waals surface area contributed by atoms with Gasteiger partial charge in [-0.3, -0.25) is 9.69 Å². The Hall–Kier alpha value is -0.610. The number of unbranched alkanes of at least 4 members (excludes halogenated alkanes) is 1. The first-order valence-corrected chi connectivity index (χ1v) is 5.55. The monoisotopic (exact) mass is 217 g/mol. The van der Waals surface area contributed by atoms with Gasteiger partial charge in [-0.25, -0.2) is 0 Å². The molecule has 15 heavy (non-hydrogen) atoms. The summed E-state index contributed by atoms with van der Waals surface area (Å²) in [6, 6.07) is -0.346. The van der Waals surface area contributed by atoms with Crippen LogP contribution in [0.3, 0.4) is 0 Å². The maximum Gasteiger partial charge on any atom is 0.320 e. The number of ether oxygens (including phenoxy) is 1. The highest BCUT2D eigenvalue weighted by Crippen LogP contribution is 2.08. The summed E-state index contributed by atoms with van der Waals surface area (Å²) in [6.07, 6.45) is 3.61. The van der Waals surface area contributed by atoms with E-state index in [2.05, 4.69) is 6.92 Å². The van der Waals surface area contributed by atoms with Gasteiger partial charge in [-0.1, -0.05) is 19.8 Å². The number of carboxylic acid groups (broad SMARTS) is 1. The Kier molecular flexibility index (Phi) is 8.33. The Labute approximate surface area is 92.2 Å². The zero-order valence-corrected chi connectivity index (χ0v) is 10.0. The maximum atomic E-state index is 11.0. The summed E-state index contributed by atoms with van der Waals surface area (Å²) in [5.74, 6) is -0.719. The van der Waals surface area contributed by atoms with Gasteiger partial charge < -0.3 is 9.84 Å². The van der Waals surface area contributed by atoms with Gasteiger partial charge in [0.2, 0.25) is 0 Å². The minimum Gasteiger partial charge on any atom is -0.480 e. The van der Waals surface area contributed by atoms with Crippen molar-refractivity contribution in [1.29, 1.82) is 0 Å². The number of methoxy groups -OCH3 is 1. The van der Waals surface area contributed by atoms with Gasteiger partial charge in [-0.15, -0.1) is 0 Å². The first-order chi connectivity index (χ1) is 7.13. The van der Waals surface area contributed by atoms with Crippen molar-refractivity contribution in [1.82, 2.24) is 4.90 Å². The summed E-state index contributed by atoms with van der Waals surface area (Å²) in [7, 11) is 3.52. The summed E-state index contributed by atoms with van der Waals surface area (Å²) in [5.41, 5.74) is 0. The zero-order valence-electron chi connectivity index (χ0n) is 10.0. The van der Waals surface area contributed by atoms with Crippen molar-refractivity contribution in [3.8, 4) is 0 Å². The predicted octanol–water partition coefficient (Wildman–Crippen LogP) is 1.60. The number of likely N-dealkylation sites (N-methyl/N-ethyl adjacent to an activating group) is 1. The fourth-order valence-corrected chi connectivity index (χ4v) is 1.54. The minimum atomic E-state index is -0.719. The number of hydrogen-bond acceptors (Lipinski definition) is 3. The van der Waals surface area contributed by atoms with Crippen molar-refractivity contribution in [2.45, 2.75) is 38.6 Å². The van der Waals surface area contributed by atoms with Crippen LogP contribution in [0.4, 0.5) is 0 Å². The van der Waals surface area contributed by atoms with Crippen LogP contribution in [0, 0.1) is 0 Å². The topological polar surface area (TPSA) is 49.8 Å². The fourth-order valence-electron chi connectivity index (χ4n) is 1.54. The largest absolute Gasteiger partial charge is 0.480 e. The van der Waals surface area contributed by atoms with Crippen LogP contribution < -0.4 is 0 Å². The van der Waals surface area contributed by atoms with Crippen molar-refractivity contribution in [2.75, 3.05) is 27.3 Å². The van der Waals surface area contributed by atoms with E-state index in [4.69, 9.17) is 9.84 Å². The lowest BCUT2D eigenvalue weighted by Crippen LogP contribution is -2.39. The summed E-state index contributed by atoms with van der Waals surface area (Å²) in [4.78, 5) is 12.9. The summed E-state index contributed by atoms with van der Waals surface area (Å²) in [6.45, 7) is 3.53. The average Bonchev–Trinajstić information content (AvgIpc) is 2.18. The Morgan fingerprint density at radius 1 is 1.47 bits per heavy atom. The number of carbonyl (C=O) groups is 1. The average molecular weight is 217 g/mol. The lowest BCUT2D eigenvalue weighted by Gasteiger charge is -2.24. The van der Waals surface area contributed by atoms with E-state index in [9.17, 15) is 4.79 Å². The van der Waals surface area contributed by atoms with Crippen LogP contribution >= 0.6 is 0 Å². The number of carboxylic acids is 1. The van der Waals surface area contributed by atoms with Gasteiger partial charge in [0.1, 0.15) is 6.04 Å². The van der Waals surface area contributed by atoms with E-state index in [1.54, 1.807) is 7.11 Å². The third-order valence-electron chi connectivity index (χ3n) is 2.51. The highest BCUT2D eigenvalue weighted by Gasteiger charge is 2.21. The molecule has 1 unspecified atom stereocenters. The van der Waals surface area contributed by atoms with E-state index in [0.717, 1.165) is 32.2 Å². The van der Waals surface area contributed by atoms with Gasteiger partial charge in [0.25, 0.3) is 0 Å². The lowest BCUT2D eigenvalue weighted by molar-refractivity contribution is -0.143. The summed E-state index contributed by atoms with van der Waals surface area (Å²) < 4.78 is 4.94. The Balaban J connectivity index is 3.93. The third kappa shape index (κ3) is 6.47. The molecule has 90 valence electrons. The molecule has 0 amide bonds. The molecule has 0 heterocycles. The van der Waals surface area contributed by atoms with Crippen LogP contribution in [-0.2, 0) is 9.53 Å². The molecule has 0 aromatic rings. The standard InChI is InChI=1S/C11H23NO3/c1-4-5-7-10(11(13)14)12(2)8-6-9-15-3/h10H,4-9H2,1-3H3,(H,13,14). The Morgan fingerprint density at radius 2 is 2.13 bits per heavy atom. The predicted molar refractivity (Wildman–Crippen MR) is 60.1 cm³/mol. The molecule has 1 N–H and O–H groups in total. The molecule has 0 aliphatic carbocycles. The van der Waals surface area contributed by atoms with Gasteiger partial charge >= 0.3 is 5.97 Å². The molecule has 0 aromatic heterocycles. The maximum absolute atomic E-state index is 11.0. The van der Waals surface area contributed by atoms with Crippen molar-refractivity contribution in [3.63, 3.8) is 0 Å². The highest BCUT2D eigenvalue weighted by molar-refractivity contribution is 5.73. The second-order valence-corrected chi connectivity index (χ2v) is 3.82. The second kappa shape index (κ2) is 8.68. The summed E-state index contributed by atoms with van der Waals surface area (Å²) in [5, 5.41) is 9.05. The number of rotatable bonds is 9. The molecule has 1 atom stereocenters. The van der Waals surface area contributed by atoms with Gasteiger partial charge in [-0.05, 0) is 19.9 Å². The van der Waals surface area contributed by atoms with Crippen LogP contribution in [0.1, 0.15) is 32.6 Å². The fraction of sp³-hybridized carbons (Fsp3) is 0.909. The zero-order chi connectivity index (χ0) is 11.7. The molecule has 4 nitrogen and oxygen atoms in total. The minimum absolute atomic E-state index is 0.346. The van der Waals surface area contributed by atoms with Gasteiger partial charge in [0.15, 0.2) is 0 Å². The van der Waals surface area contributed by atoms with E-state index >= 15 is 0 Å². The van der Waals surface area contributed by atoms with E-state index in [0.29, 0.717) is 6.61 Å². The smallest absolute Gasteiger partial charge is 0.320 e. The molecule has 4 heteroatoms. The highest BCUT2D eigenvalue weighted by atomic mass is 16.5. The molecule has 0 rings (SSSR count). The molecule has 0 spiro atoms. The molecule has 0 fully saturated rings. The van der Waals surface area contributed by atoms with Crippen molar-refractivity contribution in [3.05, 3.63) is 0 Å².